The van der Waals surface area contributed by atoms with Gasteiger partial charge in [0.25, 0.3) is 0 Å². The van der Waals surface area contributed by atoms with Crippen molar-refractivity contribution in [3.05, 3.63) is 42.0 Å². The third kappa shape index (κ3) is 3.95. The van der Waals surface area contributed by atoms with Crippen LogP contribution in [0.15, 0.2) is 36.4 Å². The average Bonchev–Trinajstić information content (AvgIpc) is 2.95. The molecule has 106 valence electrons. The molecule has 0 radical (unpaired) electrons. The summed E-state index contributed by atoms with van der Waals surface area (Å²) in [4.78, 5) is 23.5. The van der Waals surface area contributed by atoms with E-state index in [1.165, 1.54) is 0 Å². The number of amides is 2. The van der Waals surface area contributed by atoms with Gasteiger partial charge in [0.2, 0.25) is 11.8 Å². The fourth-order valence-corrected chi connectivity index (χ4v) is 2.20. The predicted molar refractivity (Wildman–Crippen MR) is 79.3 cm³/mol. The summed E-state index contributed by atoms with van der Waals surface area (Å²) in [6, 6.07) is 7.64. The molecule has 0 unspecified atom stereocenters. The van der Waals surface area contributed by atoms with E-state index in [2.05, 4.69) is 10.6 Å². The summed E-state index contributed by atoms with van der Waals surface area (Å²) in [5.41, 5.74) is 1.85. The summed E-state index contributed by atoms with van der Waals surface area (Å²) >= 11 is 0. The molecule has 0 bridgehead atoms. The number of carbonyl (C=O) groups is 2. The summed E-state index contributed by atoms with van der Waals surface area (Å²) < 4.78 is 0. The fraction of sp³-hybridized carbons (Fsp3) is 0.375. The highest BCUT2D eigenvalue weighted by Crippen LogP contribution is 2.17. The molecule has 1 aromatic carbocycles. The van der Waals surface area contributed by atoms with Crippen LogP contribution in [0.5, 0.6) is 0 Å². The molecule has 1 aliphatic carbocycles. The van der Waals surface area contributed by atoms with Crippen LogP contribution in [0.3, 0.4) is 0 Å². The minimum Gasteiger partial charge on any atom is -0.355 e. The summed E-state index contributed by atoms with van der Waals surface area (Å²) in [6.07, 6.45) is 5.95. The quantitative estimate of drug-likeness (QED) is 0.809. The molecule has 4 heteroatoms. The monoisotopic (exact) mass is 272 g/mol. The number of benzene rings is 1. The van der Waals surface area contributed by atoms with Gasteiger partial charge < -0.3 is 10.6 Å². The molecule has 1 aromatic rings. The Labute approximate surface area is 119 Å². The molecular formula is C16H20N2O2. The Morgan fingerprint density at radius 2 is 1.90 bits per heavy atom. The van der Waals surface area contributed by atoms with Gasteiger partial charge in [-0.2, -0.15) is 0 Å². The Balaban J connectivity index is 1.70. The maximum atomic E-state index is 11.8. The van der Waals surface area contributed by atoms with Crippen molar-refractivity contribution in [1.29, 1.82) is 0 Å². The minimum absolute atomic E-state index is 0.0405. The molecule has 0 heterocycles. The number of anilines is 1. The van der Waals surface area contributed by atoms with Crippen molar-refractivity contribution < 1.29 is 9.59 Å². The summed E-state index contributed by atoms with van der Waals surface area (Å²) in [7, 11) is 0. The van der Waals surface area contributed by atoms with Crippen LogP contribution in [0.2, 0.25) is 0 Å². The van der Waals surface area contributed by atoms with Gasteiger partial charge >= 0.3 is 0 Å². The number of nitrogens with one attached hydrogen (secondary N) is 2. The molecule has 1 aliphatic rings. The Morgan fingerprint density at radius 1 is 1.20 bits per heavy atom. The van der Waals surface area contributed by atoms with Gasteiger partial charge in [-0.05, 0) is 31.4 Å². The van der Waals surface area contributed by atoms with E-state index in [1.807, 2.05) is 43.3 Å². The van der Waals surface area contributed by atoms with Gasteiger partial charge in [-0.1, -0.05) is 30.4 Å². The fourth-order valence-electron chi connectivity index (χ4n) is 2.20. The Bertz CT molecular complexity index is 515. The van der Waals surface area contributed by atoms with Crippen LogP contribution in [-0.2, 0) is 9.59 Å². The predicted octanol–water partition coefficient (Wildman–Crippen LogP) is 2.41. The molecule has 0 saturated carbocycles. The number of rotatable bonds is 5. The SMILES string of the molecule is Cc1ccccc1NC(=O)CCNC(=O)C1CC=CC1. The molecule has 0 fully saturated rings. The molecule has 20 heavy (non-hydrogen) atoms. The van der Waals surface area contributed by atoms with Gasteiger partial charge in [0, 0.05) is 24.6 Å². The number of aryl methyl sites for hydroxylation is 1. The van der Waals surface area contributed by atoms with Crippen molar-refractivity contribution in [3.8, 4) is 0 Å². The van der Waals surface area contributed by atoms with E-state index in [0.29, 0.717) is 13.0 Å². The first-order valence-electron chi connectivity index (χ1n) is 6.95. The van der Waals surface area contributed by atoms with Crippen molar-refractivity contribution in [1.82, 2.24) is 5.32 Å². The number of hydrogen-bond donors (Lipinski definition) is 2. The molecule has 0 aromatic heterocycles. The lowest BCUT2D eigenvalue weighted by Crippen LogP contribution is -2.32. The smallest absolute Gasteiger partial charge is 0.226 e. The van der Waals surface area contributed by atoms with Crippen LogP contribution in [-0.4, -0.2) is 18.4 Å². The van der Waals surface area contributed by atoms with E-state index in [9.17, 15) is 9.59 Å². The van der Waals surface area contributed by atoms with E-state index in [0.717, 1.165) is 24.1 Å². The van der Waals surface area contributed by atoms with Crippen molar-refractivity contribution in [3.63, 3.8) is 0 Å². The zero-order valence-electron chi connectivity index (χ0n) is 11.7. The van der Waals surface area contributed by atoms with E-state index >= 15 is 0 Å². The summed E-state index contributed by atoms with van der Waals surface area (Å²) in [5, 5.41) is 5.67. The van der Waals surface area contributed by atoms with Gasteiger partial charge in [-0.15, -0.1) is 0 Å². The normalized spacial score (nSPS) is 14.2. The highest BCUT2D eigenvalue weighted by atomic mass is 16.2. The summed E-state index contributed by atoms with van der Waals surface area (Å²) in [5.74, 6) is 0.0114. The second-order valence-electron chi connectivity index (χ2n) is 5.04. The van der Waals surface area contributed by atoms with Gasteiger partial charge in [0.15, 0.2) is 0 Å². The van der Waals surface area contributed by atoms with Gasteiger partial charge in [0.1, 0.15) is 0 Å². The van der Waals surface area contributed by atoms with Crippen molar-refractivity contribution >= 4 is 17.5 Å². The Hall–Kier alpha value is -2.10. The second-order valence-corrected chi connectivity index (χ2v) is 5.04. The third-order valence-electron chi connectivity index (χ3n) is 3.45. The lowest BCUT2D eigenvalue weighted by molar-refractivity contribution is -0.124. The Kier molecular flexibility index (Phi) is 4.93. The first kappa shape index (κ1) is 14.3. The van der Waals surface area contributed by atoms with Crippen LogP contribution >= 0.6 is 0 Å². The van der Waals surface area contributed by atoms with Gasteiger partial charge in [-0.25, -0.2) is 0 Å². The topological polar surface area (TPSA) is 58.2 Å². The summed E-state index contributed by atoms with van der Waals surface area (Å²) in [6.45, 7) is 2.33. The molecule has 4 nitrogen and oxygen atoms in total. The van der Waals surface area contributed by atoms with E-state index in [-0.39, 0.29) is 17.7 Å². The van der Waals surface area contributed by atoms with Crippen LogP contribution in [0, 0.1) is 12.8 Å². The Morgan fingerprint density at radius 3 is 2.60 bits per heavy atom. The van der Waals surface area contributed by atoms with Crippen LogP contribution in [0.4, 0.5) is 5.69 Å². The molecule has 0 aliphatic heterocycles. The number of hydrogen-bond acceptors (Lipinski definition) is 2. The average molecular weight is 272 g/mol. The highest BCUT2D eigenvalue weighted by Gasteiger charge is 2.18. The van der Waals surface area contributed by atoms with Gasteiger partial charge in [0.05, 0.1) is 0 Å². The van der Waals surface area contributed by atoms with Gasteiger partial charge in [-0.3, -0.25) is 9.59 Å². The van der Waals surface area contributed by atoms with E-state index in [4.69, 9.17) is 0 Å². The molecule has 2 N–H and O–H groups in total. The lowest BCUT2D eigenvalue weighted by Gasteiger charge is -2.11. The van der Waals surface area contributed by atoms with E-state index in [1.54, 1.807) is 0 Å². The lowest BCUT2D eigenvalue weighted by atomic mass is 10.1. The molecule has 0 saturated heterocycles. The number of carbonyl (C=O) groups excluding carboxylic acids is 2. The zero-order chi connectivity index (χ0) is 14.4. The first-order chi connectivity index (χ1) is 9.66. The standard InChI is InChI=1S/C16H20N2O2/c1-12-6-2-5-9-14(12)18-15(19)10-11-17-16(20)13-7-3-4-8-13/h2-6,9,13H,7-8,10-11H2,1H3,(H,17,20)(H,18,19). The molecule has 2 rings (SSSR count). The van der Waals surface area contributed by atoms with Crippen LogP contribution in [0.25, 0.3) is 0 Å². The van der Waals surface area contributed by atoms with Crippen molar-refractivity contribution in [2.45, 2.75) is 26.2 Å². The molecular weight excluding hydrogens is 252 g/mol. The number of allylic oxidation sites excluding steroid dienone is 2. The minimum atomic E-state index is -0.0795. The second kappa shape index (κ2) is 6.89. The zero-order valence-corrected chi connectivity index (χ0v) is 11.7. The highest BCUT2D eigenvalue weighted by molar-refractivity contribution is 5.92. The van der Waals surface area contributed by atoms with Crippen LogP contribution in [0.1, 0.15) is 24.8 Å². The maximum absolute atomic E-state index is 11.8. The first-order valence-corrected chi connectivity index (χ1v) is 6.95. The number of para-hydroxylation sites is 1. The molecule has 2 amide bonds. The third-order valence-corrected chi connectivity index (χ3v) is 3.45. The maximum Gasteiger partial charge on any atom is 0.226 e. The molecule has 0 atom stereocenters. The van der Waals surface area contributed by atoms with Crippen molar-refractivity contribution in [2.75, 3.05) is 11.9 Å². The van der Waals surface area contributed by atoms with E-state index < -0.39 is 0 Å². The van der Waals surface area contributed by atoms with Crippen molar-refractivity contribution in [2.24, 2.45) is 5.92 Å². The largest absolute Gasteiger partial charge is 0.355 e. The molecule has 0 spiro atoms. The van der Waals surface area contributed by atoms with Crippen LogP contribution < -0.4 is 10.6 Å².